The lowest BCUT2D eigenvalue weighted by Gasteiger charge is -2.17. The summed E-state index contributed by atoms with van der Waals surface area (Å²) in [6.07, 6.45) is 2.72. The summed E-state index contributed by atoms with van der Waals surface area (Å²) in [5.74, 6) is 1.26. The van der Waals surface area contributed by atoms with Gasteiger partial charge in [-0.05, 0) is 43.4 Å². The monoisotopic (exact) mass is 428 g/mol. The van der Waals surface area contributed by atoms with Crippen molar-refractivity contribution in [1.29, 1.82) is 0 Å². The maximum Gasteiger partial charge on any atom is 0.387 e. The van der Waals surface area contributed by atoms with Crippen LogP contribution in [0.2, 0.25) is 0 Å². The van der Waals surface area contributed by atoms with Crippen LogP contribution in [0.1, 0.15) is 19.3 Å². The van der Waals surface area contributed by atoms with Crippen LogP contribution in [0.4, 0.5) is 14.5 Å². The Kier molecular flexibility index (Phi) is 4.88. The van der Waals surface area contributed by atoms with E-state index in [1.165, 1.54) is 6.07 Å². The van der Waals surface area contributed by atoms with Crippen LogP contribution in [0.5, 0.6) is 11.5 Å². The first kappa shape index (κ1) is 19.6. The fourth-order valence-corrected chi connectivity index (χ4v) is 4.11. The van der Waals surface area contributed by atoms with Crippen LogP contribution in [0, 0.1) is 5.92 Å². The number of alkyl halides is 2. The number of nitrogens with two attached hydrogens (primary N) is 1. The molecule has 1 aliphatic heterocycles. The van der Waals surface area contributed by atoms with Gasteiger partial charge >= 0.3 is 6.61 Å². The number of carbonyl (C=O) groups excluding carboxylic acids is 1. The molecule has 5 rings (SSSR count). The second-order valence-corrected chi connectivity index (χ2v) is 7.90. The molecule has 7 nitrogen and oxygen atoms in total. The number of carbonyl (C=O) groups is 1. The van der Waals surface area contributed by atoms with Crippen LogP contribution >= 0.6 is 0 Å². The first-order chi connectivity index (χ1) is 15.0. The highest BCUT2D eigenvalue weighted by Gasteiger charge is 2.35. The van der Waals surface area contributed by atoms with Crippen molar-refractivity contribution in [2.24, 2.45) is 11.7 Å². The fourth-order valence-electron chi connectivity index (χ4n) is 4.11. The topological polar surface area (TPSA) is 91.4 Å². The van der Waals surface area contributed by atoms with Crippen LogP contribution in [0.15, 0.2) is 36.4 Å². The van der Waals surface area contributed by atoms with E-state index in [-0.39, 0.29) is 17.6 Å². The third-order valence-electron chi connectivity index (χ3n) is 5.63. The molecule has 1 aromatic heterocycles. The van der Waals surface area contributed by atoms with Gasteiger partial charge in [0.1, 0.15) is 28.9 Å². The predicted molar refractivity (Wildman–Crippen MR) is 111 cm³/mol. The van der Waals surface area contributed by atoms with Crippen LogP contribution in [0.25, 0.3) is 22.4 Å². The molecule has 0 spiro atoms. The summed E-state index contributed by atoms with van der Waals surface area (Å²) in [7, 11) is 0. The van der Waals surface area contributed by atoms with E-state index >= 15 is 0 Å². The molecule has 2 aromatic carbocycles. The number of rotatable bonds is 7. The van der Waals surface area contributed by atoms with Crippen LogP contribution < -0.4 is 20.5 Å². The van der Waals surface area contributed by atoms with Gasteiger partial charge in [-0.3, -0.25) is 4.79 Å². The van der Waals surface area contributed by atoms with Crippen molar-refractivity contribution in [3.63, 3.8) is 0 Å². The molecule has 0 saturated heterocycles. The van der Waals surface area contributed by atoms with Gasteiger partial charge in [0, 0.05) is 23.9 Å². The standard InChI is InChI=1S/C22H22F2N4O3/c23-22(24)31-15-4-1-3-13(9-15)21-27-16-10-14(26-18(20(25)29)12-5-6-12)11-17-19(16)28(21)7-2-8-30-17/h1,3-4,9-12,18,22,26H,2,5-8H2,(H2,25,29)/t18-/m0/s1. The number of hydrogen-bond donors (Lipinski definition) is 2. The number of ether oxygens (including phenoxy) is 2. The van der Waals surface area contributed by atoms with Crippen molar-refractivity contribution in [3.05, 3.63) is 36.4 Å². The van der Waals surface area contributed by atoms with E-state index in [1.54, 1.807) is 12.1 Å². The highest BCUT2D eigenvalue weighted by molar-refractivity contribution is 5.91. The number of halogens is 2. The van der Waals surface area contributed by atoms with E-state index in [1.807, 2.05) is 22.8 Å². The van der Waals surface area contributed by atoms with E-state index < -0.39 is 12.7 Å². The molecule has 0 bridgehead atoms. The summed E-state index contributed by atoms with van der Waals surface area (Å²) in [6.45, 7) is -1.68. The molecule has 31 heavy (non-hydrogen) atoms. The van der Waals surface area contributed by atoms with E-state index in [0.29, 0.717) is 41.5 Å². The normalized spacial score (nSPS) is 16.6. The second kappa shape index (κ2) is 7.72. The average molecular weight is 428 g/mol. The van der Waals surface area contributed by atoms with Crippen molar-refractivity contribution in [2.45, 2.75) is 38.5 Å². The lowest BCUT2D eigenvalue weighted by molar-refractivity contribution is -0.119. The first-order valence-electron chi connectivity index (χ1n) is 10.3. The minimum atomic E-state index is -2.89. The summed E-state index contributed by atoms with van der Waals surface area (Å²) in [5.41, 5.74) is 8.49. The van der Waals surface area contributed by atoms with E-state index in [2.05, 4.69) is 10.1 Å². The van der Waals surface area contributed by atoms with Crippen molar-refractivity contribution in [2.75, 3.05) is 11.9 Å². The van der Waals surface area contributed by atoms with E-state index in [4.69, 9.17) is 15.5 Å². The Morgan fingerprint density at radius 2 is 2.13 bits per heavy atom. The van der Waals surface area contributed by atoms with Gasteiger partial charge in [-0.25, -0.2) is 4.98 Å². The molecule has 3 N–H and O–H groups in total. The zero-order chi connectivity index (χ0) is 21.5. The zero-order valence-corrected chi connectivity index (χ0v) is 16.7. The summed E-state index contributed by atoms with van der Waals surface area (Å²) >= 11 is 0. The summed E-state index contributed by atoms with van der Waals surface area (Å²) in [4.78, 5) is 16.6. The van der Waals surface area contributed by atoms with Gasteiger partial charge in [0.2, 0.25) is 5.91 Å². The maximum absolute atomic E-state index is 12.7. The summed E-state index contributed by atoms with van der Waals surface area (Å²) in [5, 5.41) is 3.24. The molecule has 2 heterocycles. The molecule has 3 aromatic rings. The Hall–Kier alpha value is -3.36. The molecule has 1 aliphatic carbocycles. The number of benzene rings is 2. The van der Waals surface area contributed by atoms with Gasteiger partial charge in [-0.1, -0.05) is 12.1 Å². The smallest absolute Gasteiger partial charge is 0.387 e. The number of aryl methyl sites for hydroxylation is 1. The largest absolute Gasteiger partial charge is 0.491 e. The van der Waals surface area contributed by atoms with E-state index in [9.17, 15) is 13.6 Å². The SMILES string of the molecule is NC(=O)[C@@H](Nc1cc2c3c(c1)nc(-c1cccc(OC(F)F)c1)n3CCCO2)C1CC1. The van der Waals surface area contributed by atoms with Gasteiger partial charge in [-0.15, -0.1) is 0 Å². The number of nitrogens with one attached hydrogen (secondary N) is 1. The number of nitrogens with zero attached hydrogens (tertiary/aromatic N) is 2. The van der Waals surface area contributed by atoms with Gasteiger partial charge < -0.3 is 25.1 Å². The quantitative estimate of drug-likeness (QED) is 0.598. The lowest BCUT2D eigenvalue weighted by atomic mass is 10.1. The molecular formula is C22H22F2N4O3. The number of primary amides is 1. The Labute approximate surface area is 177 Å². The summed E-state index contributed by atoms with van der Waals surface area (Å²) < 4.78 is 37.9. The molecule has 1 atom stereocenters. The molecule has 2 aliphatic rings. The molecular weight excluding hydrogens is 406 g/mol. The minimum Gasteiger partial charge on any atom is -0.491 e. The zero-order valence-electron chi connectivity index (χ0n) is 16.7. The number of aromatic nitrogens is 2. The van der Waals surface area contributed by atoms with Gasteiger partial charge in [-0.2, -0.15) is 8.78 Å². The van der Waals surface area contributed by atoms with Gasteiger partial charge in [0.25, 0.3) is 0 Å². The Balaban J connectivity index is 1.58. The van der Waals surface area contributed by atoms with E-state index in [0.717, 1.165) is 24.8 Å². The second-order valence-electron chi connectivity index (χ2n) is 7.90. The third-order valence-corrected chi connectivity index (χ3v) is 5.63. The number of hydrogen-bond acceptors (Lipinski definition) is 5. The number of imidazole rings is 1. The third kappa shape index (κ3) is 3.87. The lowest BCUT2D eigenvalue weighted by Crippen LogP contribution is -2.37. The van der Waals surface area contributed by atoms with Crippen molar-refractivity contribution >= 4 is 22.6 Å². The maximum atomic E-state index is 12.7. The highest BCUT2D eigenvalue weighted by atomic mass is 19.3. The molecule has 1 fully saturated rings. The first-order valence-corrected chi connectivity index (χ1v) is 10.3. The highest BCUT2D eigenvalue weighted by Crippen LogP contribution is 2.39. The van der Waals surface area contributed by atoms with Crippen molar-refractivity contribution < 1.29 is 23.0 Å². The van der Waals surface area contributed by atoms with Crippen LogP contribution in [-0.4, -0.2) is 34.7 Å². The predicted octanol–water partition coefficient (Wildman–Crippen LogP) is 3.76. The molecule has 9 heteroatoms. The van der Waals surface area contributed by atoms with Crippen molar-refractivity contribution in [1.82, 2.24) is 9.55 Å². The molecule has 162 valence electrons. The number of anilines is 1. The fraction of sp³-hybridized carbons (Fsp3) is 0.364. The number of amides is 1. The molecule has 0 unspecified atom stereocenters. The van der Waals surface area contributed by atoms with Crippen LogP contribution in [-0.2, 0) is 11.3 Å². The van der Waals surface area contributed by atoms with Crippen LogP contribution in [0.3, 0.4) is 0 Å². The minimum absolute atomic E-state index is 0.0774. The Morgan fingerprint density at radius 3 is 2.87 bits per heavy atom. The average Bonchev–Trinajstić information content (AvgIpc) is 3.52. The molecule has 1 amide bonds. The Morgan fingerprint density at radius 1 is 1.29 bits per heavy atom. The van der Waals surface area contributed by atoms with Gasteiger partial charge in [0.05, 0.1) is 12.1 Å². The molecule has 0 radical (unpaired) electrons. The Bertz CT molecular complexity index is 1140. The molecule has 1 saturated carbocycles. The van der Waals surface area contributed by atoms with Gasteiger partial charge in [0.15, 0.2) is 0 Å². The summed E-state index contributed by atoms with van der Waals surface area (Å²) in [6, 6.07) is 9.81. The van der Waals surface area contributed by atoms with Crippen molar-refractivity contribution in [3.8, 4) is 22.9 Å².